The molecule has 1 aromatic heterocycles. The number of nitrogens with one attached hydrogen (secondary N) is 2. The van der Waals surface area contributed by atoms with Crippen LogP contribution in [0.25, 0.3) is 0 Å². The number of carbonyl (C=O) groups is 1. The standard InChI is InChI=1S/C25H33FN3O10P/c1-16(20(31)37-17-9-5-3-6-10-17)28-40(35,39-18-11-7-4-8-12-18)36-15-25(26)21(32)24(2,34)22(38-25)29-14-13-19(30)27-23(29)33/h4,7-8,11-14,16-17,21-22,32,34H,3,5-6,9-10,15H2,1-2H3,(H,28,35)(H,27,30,33)/t16-,21-,22+,24+,25+,40?/m0/s1. The summed E-state index contributed by atoms with van der Waals surface area (Å²) < 4.78 is 52.0. The summed E-state index contributed by atoms with van der Waals surface area (Å²) in [5.74, 6) is -3.84. The molecule has 2 heterocycles. The summed E-state index contributed by atoms with van der Waals surface area (Å²) in [7, 11) is -4.56. The van der Waals surface area contributed by atoms with E-state index in [4.69, 9.17) is 18.5 Å². The number of para-hydroxylation sites is 1. The number of aliphatic hydroxyl groups is 2. The molecule has 0 bridgehead atoms. The maximum atomic E-state index is 16.0. The van der Waals surface area contributed by atoms with Crippen molar-refractivity contribution in [3.05, 3.63) is 63.4 Å². The summed E-state index contributed by atoms with van der Waals surface area (Å²) in [5, 5.41) is 23.9. The Morgan fingerprint density at radius 3 is 2.58 bits per heavy atom. The average Bonchev–Trinajstić information content (AvgIpc) is 3.09. The van der Waals surface area contributed by atoms with Gasteiger partial charge < -0.3 is 24.2 Å². The van der Waals surface area contributed by atoms with Crippen LogP contribution in [0, 0.1) is 0 Å². The third-order valence-corrected chi connectivity index (χ3v) is 8.44. The Kier molecular flexibility index (Phi) is 8.98. The number of rotatable bonds is 10. The minimum absolute atomic E-state index is 0.0663. The fraction of sp³-hybridized carbons (Fsp3) is 0.560. The van der Waals surface area contributed by atoms with Crippen molar-refractivity contribution in [3.63, 3.8) is 0 Å². The number of aliphatic hydroxyl groups excluding tert-OH is 1. The number of alkyl halides is 1. The highest BCUT2D eigenvalue weighted by atomic mass is 31.2. The van der Waals surface area contributed by atoms with Crippen molar-refractivity contribution in [2.24, 2.45) is 0 Å². The Morgan fingerprint density at radius 2 is 1.93 bits per heavy atom. The first-order valence-electron chi connectivity index (χ1n) is 12.9. The lowest BCUT2D eigenvalue weighted by Crippen LogP contribution is -2.50. The van der Waals surface area contributed by atoms with Crippen LogP contribution in [0.1, 0.15) is 52.2 Å². The molecule has 4 N–H and O–H groups in total. The molecule has 1 aliphatic carbocycles. The van der Waals surface area contributed by atoms with Gasteiger partial charge in [-0.15, -0.1) is 0 Å². The minimum Gasteiger partial charge on any atom is -0.461 e. The van der Waals surface area contributed by atoms with Crippen molar-refractivity contribution >= 4 is 13.7 Å². The second-order valence-electron chi connectivity index (χ2n) is 10.1. The zero-order chi connectivity index (χ0) is 29.1. The third-order valence-electron chi connectivity index (χ3n) is 6.81. The molecular weight excluding hydrogens is 552 g/mol. The lowest BCUT2D eigenvalue weighted by atomic mass is 9.95. The van der Waals surface area contributed by atoms with Crippen LogP contribution in [0.15, 0.2) is 52.2 Å². The van der Waals surface area contributed by atoms with E-state index in [9.17, 15) is 29.2 Å². The predicted molar refractivity (Wildman–Crippen MR) is 138 cm³/mol. The number of carbonyl (C=O) groups excluding carboxylic acids is 1. The number of esters is 1. The molecule has 1 saturated carbocycles. The van der Waals surface area contributed by atoms with E-state index in [1.165, 1.54) is 19.1 Å². The molecular formula is C25H33FN3O10P. The monoisotopic (exact) mass is 585 g/mol. The van der Waals surface area contributed by atoms with Crippen molar-refractivity contribution in [2.75, 3.05) is 6.61 Å². The fourth-order valence-corrected chi connectivity index (χ4v) is 6.13. The third kappa shape index (κ3) is 6.70. The van der Waals surface area contributed by atoms with Crippen LogP contribution in [0.2, 0.25) is 0 Å². The van der Waals surface area contributed by atoms with Crippen molar-refractivity contribution in [1.82, 2.24) is 14.6 Å². The van der Waals surface area contributed by atoms with Crippen molar-refractivity contribution in [3.8, 4) is 5.75 Å². The second-order valence-corrected chi connectivity index (χ2v) is 11.8. The van der Waals surface area contributed by atoms with Crippen LogP contribution in [0.3, 0.4) is 0 Å². The number of aromatic amines is 1. The molecule has 4 rings (SSSR count). The molecule has 2 aromatic rings. The van der Waals surface area contributed by atoms with E-state index in [1.807, 2.05) is 4.98 Å². The molecule has 15 heteroatoms. The van der Waals surface area contributed by atoms with Crippen LogP contribution in [-0.4, -0.2) is 62.0 Å². The fourth-order valence-electron chi connectivity index (χ4n) is 4.63. The molecule has 2 aliphatic rings. The Balaban J connectivity index is 1.53. The molecule has 40 heavy (non-hydrogen) atoms. The molecule has 1 saturated heterocycles. The molecule has 0 spiro atoms. The van der Waals surface area contributed by atoms with Crippen LogP contribution >= 0.6 is 7.75 Å². The first-order valence-corrected chi connectivity index (χ1v) is 14.4. The smallest absolute Gasteiger partial charge is 0.459 e. The normalized spacial score (nSPS) is 29.4. The van der Waals surface area contributed by atoms with E-state index in [0.717, 1.165) is 38.4 Å². The van der Waals surface area contributed by atoms with Gasteiger partial charge in [0.15, 0.2) is 6.23 Å². The minimum atomic E-state index is -4.56. The van der Waals surface area contributed by atoms with Gasteiger partial charge >= 0.3 is 19.4 Å². The molecule has 0 amide bonds. The highest BCUT2D eigenvalue weighted by Gasteiger charge is 2.63. The molecule has 0 radical (unpaired) electrons. The van der Waals surface area contributed by atoms with E-state index in [0.29, 0.717) is 17.4 Å². The van der Waals surface area contributed by atoms with Gasteiger partial charge in [0.05, 0.1) is 0 Å². The summed E-state index contributed by atoms with van der Waals surface area (Å²) in [6.45, 7) is 1.15. The molecule has 2 fully saturated rings. The molecule has 1 aliphatic heterocycles. The van der Waals surface area contributed by atoms with Gasteiger partial charge in [-0.05, 0) is 51.7 Å². The summed E-state index contributed by atoms with van der Waals surface area (Å²) in [6.07, 6.45) is 0.925. The van der Waals surface area contributed by atoms with Gasteiger partial charge in [0.1, 0.15) is 36.2 Å². The first kappa shape index (κ1) is 30.1. The second kappa shape index (κ2) is 11.9. The first-order chi connectivity index (χ1) is 18.8. The number of aromatic nitrogens is 2. The lowest BCUT2D eigenvalue weighted by Gasteiger charge is -2.29. The highest BCUT2D eigenvalue weighted by Crippen LogP contribution is 2.50. The van der Waals surface area contributed by atoms with Gasteiger partial charge in [0.2, 0.25) is 0 Å². The zero-order valence-electron chi connectivity index (χ0n) is 22.0. The van der Waals surface area contributed by atoms with Gasteiger partial charge in [0.25, 0.3) is 11.4 Å². The van der Waals surface area contributed by atoms with Gasteiger partial charge in [0, 0.05) is 12.3 Å². The van der Waals surface area contributed by atoms with Crippen LogP contribution < -0.4 is 20.9 Å². The Hall–Kier alpha value is -2.87. The number of benzene rings is 1. The van der Waals surface area contributed by atoms with E-state index in [-0.39, 0.29) is 11.9 Å². The summed E-state index contributed by atoms with van der Waals surface area (Å²) in [6, 6.07) is 7.51. The number of nitrogens with zero attached hydrogens (tertiary/aromatic N) is 1. The molecule has 6 atom stereocenters. The van der Waals surface area contributed by atoms with E-state index < -0.39 is 61.4 Å². The van der Waals surface area contributed by atoms with Crippen molar-refractivity contribution < 1.29 is 42.5 Å². The zero-order valence-corrected chi connectivity index (χ0v) is 22.9. The maximum absolute atomic E-state index is 16.0. The maximum Gasteiger partial charge on any atom is 0.459 e. The number of halogens is 1. The van der Waals surface area contributed by atoms with Crippen molar-refractivity contribution in [2.45, 2.75) is 81.9 Å². The van der Waals surface area contributed by atoms with Gasteiger partial charge in [-0.2, -0.15) is 5.09 Å². The van der Waals surface area contributed by atoms with E-state index in [1.54, 1.807) is 18.2 Å². The Morgan fingerprint density at radius 1 is 1.25 bits per heavy atom. The molecule has 220 valence electrons. The molecule has 1 aromatic carbocycles. The van der Waals surface area contributed by atoms with Crippen LogP contribution in [-0.2, 0) is 23.4 Å². The predicted octanol–water partition coefficient (Wildman–Crippen LogP) is 1.90. The summed E-state index contributed by atoms with van der Waals surface area (Å²) >= 11 is 0. The Bertz CT molecular complexity index is 1350. The van der Waals surface area contributed by atoms with Crippen LogP contribution in [0.5, 0.6) is 5.75 Å². The SMILES string of the molecule is C[C@H](NP(=O)(OC[C@@]1(F)O[C@@H](n2ccc(=O)[nH]c2=O)[C@](C)(O)[C@@H]1O)Oc1ccccc1)C(=O)OC1CCCCC1. The number of H-pyrrole nitrogens is 1. The van der Waals surface area contributed by atoms with Gasteiger partial charge in [-0.3, -0.25) is 23.7 Å². The highest BCUT2D eigenvalue weighted by molar-refractivity contribution is 7.52. The summed E-state index contributed by atoms with van der Waals surface area (Å²) in [5.41, 5.74) is -4.16. The average molecular weight is 586 g/mol. The van der Waals surface area contributed by atoms with Crippen molar-refractivity contribution in [1.29, 1.82) is 0 Å². The lowest BCUT2D eigenvalue weighted by molar-refractivity contribution is -0.204. The molecule has 13 nitrogen and oxygen atoms in total. The Labute approximate surface area is 228 Å². The topological polar surface area (TPSA) is 178 Å². The van der Waals surface area contributed by atoms with E-state index in [2.05, 4.69) is 5.09 Å². The van der Waals surface area contributed by atoms with E-state index >= 15 is 4.39 Å². The number of hydrogen-bond acceptors (Lipinski definition) is 10. The van der Waals surface area contributed by atoms with Gasteiger partial charge in [-0.1, -0.05) is 24.6 Å². The number of hydrogen-bond donors (Lipinski definition) is 4. The van der Waals surface area contributed by atoms with Crippen LogP contribution in [0.4, 0.5) is 4.39 Å². The quantitative estimate of drug-likeness (QED) is 0.236. The molecule has 1 unspecified atom stereocenters. The van der Waals surface area contributed by atoms with Gasteiger partial charge in [-0.25, -0.2) is 13.8 Å². The largest absolute Gasteiger partial charge is 0.461 e. The number of ether oxygens (including phenoxy) is 2. The summed E-state index contributed by atoms with van der Waals surface area (Å²) in [4.78, 5) is 38.3.